The Balaban J connectivity index is 1.93. The fourth-order valence-corrected chi connectivity index (χ4v) is 2.87. The third-order valence-corrected chi connectivity index (χ3v) is 3.62. The van der Waals surface area contributed by atoms with Gasteiger partial charge in [-0.25, -0.2) is 0 Å². The average molecular weight is 275 g/mol. The van der Waals surface area contributed by atoms with Crippen molar-refractivity contribution in [2.24, 2.45) is 5.92 Å². The standard InChI is InChI=1S/C17H29N3/c1-13(2)10-14-6-7-16(11-18-14)20-9-8-15(12-20)19-17(3,4)5/h6-7,11,13,15,19H,8-10,12H2,1-5H3/t15-/m1/s1. The first kappa shape index (κ1) is 15.3. The van der Waals surface area contributed by atoms with Gasteiger partial charge in [-0.15, -0.1) is 0 Å². The molecule has 1 saturated heterocycles. The van der Waals surface area contributed by atoms with E-state index in [1.54, 1.807) is 0 Å². The molecule has 0 unspecified atom stereocenters. The maximum Gasteiger partial charge on any atom is 0.0553 e. The fraction of sp³-hybridized carbons (Fsp3) is 0.706. The number of aromatic nitrogens is 1. The van der Waals surface area contributed by atoms with Gasteiger partial charge >= 0.3 is 0 Å². The van der Waals surface area contributed by atoms with Crippen molar-refractivity contribution in [1.29, 1.82) is 0 Å². The Hall–Kier alpha value is -1.09. The van der Waals surface area contributed by atoms with Crippen LogP contribution in [0.15, 0.2) is 18.3 Å². The van der Waals surface area contributed by atoms with Crippen molar-refractivity contribution in [2.75, 3.05) is 18.0 Å². The van der Waals surface area contributed by atoms with Crippen molar-refractivity contribution < 1.29 is 0 Å². The highest BCUT2D eigenvalue weighted by atomic mass is 15.2. The summed E-state index contributed by atoms with van der Waals surface area (Å²) in [7, 11) is 0. The lowest BCUT2D eigenvalue weighted by atomic mass is 10.1. The summed E-state index contributed by atoms with van der Waals surface area (Å²) in [5, 5.41) is 3.69. The molecule has 20 heavy (non-hydrogen) atoms. The third kappa shape index (κ3) is 4.48. The molecule has 1 N–H and O–H groups in total. The minimum atomic E-state index is 0.194. The van der Waals surface area contributed by atoms with Gasteiger partial charge in [0.2, 0.25) is 0 Å². The van der Waals surface area contributed by atoms with Crippen LogP contribution in [0.2, 0.25) is 0 Å². The van der Waals surface area contributed by atoms with E-state index >= 15 is 0 Å². The number of nitrogens with one attached hydrogen (secondary N) is 1. The summed E-state index contributed by atoms with van der Waals surface area (Å²) in [5.41, 5.74) is 2.66. The predicted octanol–water partition coefficient (Wildman–Crippen LogP) is 3.25. The van der Waals surface area contributed by atoms with Crippen LogP contribution in [0, 0.1) is 5.92 Å². The molecule has 3 heteroatoms. The number of hydrogen-bond donors (Lipinski definition) is 1. The van der Waals surface area contributed by atoms with Crippen LogP contribution in [0.4, 0.5) is 5.69 Å². The topological polar surface area (TPSA) is 28.2 Å². The molecule has 0 aliphatic carbocycles. The first-order valence-corrected chi connectivity index (χ1v) is 7.81. The van der Waals surface area contributed by atoms with Gasteiger partial charge < -0.3 is 10.2 Å². The monoisotopic (exact) mass is 275 g/mol. The van der Waals surface area contributed by atoms with Crippen molar-refractivity contribution in [3.05, 3.63) is 24.0 Å². The van der Waals surface area contributed by atoms with Gasteiger partial charge in [0, 0.05) is 30.4 Å². The average Bonchev–Trinajstić information content (AvgIpc) is 2.75. The van der Waals surface area contributed by atoms with Crippen LogP contribution in [0.5, 0.6) is 0 Å². The molecule has 3 nitrogen and oxygen atoms in total. The Labute approximate surface area is 123 Å². The molecular formula is C17H29N3. The third-order valence-electron chi connectivity index (χ3n) is 3.62. The smallest absolute Gasteiger partial charge is 0.0553 e. The molecule has 2 rings (SSSR count). The second kappa shape index (κ2) is 6.13. The summed E-state index contributed by atoms with van der Waals surface area (Å²) >= 11 is 0. The van der Waals surface area contributed by atoms with Crippen molar-refractivity contribution in [3.8, 4) is 0 Å². The van der Waals surface area contributed by atoms with Crippen LogP contribution in [-0.4, -0.2) is 29.7 Å². The van der Waals surface area contributed by atoms with Gasteiger partial charge in [-0.3, -0.25) is 4.98 Å². The van der Waals surface area contributed by atoms with E-state index in [-0.39, 0.29) is 5.54 Å². The van der Waals surface area contributed by atoms with Crippen LogP contribution in [0.25, 0.3) is 0 Å². The Bertz CT molecular complexity index is 417. The molecule has 112 valence electrons. The Kier molecular flexibility index (Phi) is 4.69. The fourth-order valence-electron chi connectivity index (χ4n) is 2.87. The van der Waals surface area contributed by atoms with Crippen molar-refractivity contribution in [1.82, 2.24) is 10.3 Å². The maximum atomic E-state index is 4.60. The second-order valence-electron chi connectivity index (χ2n) is 7.43. The summed E-state index contributed by atoms with van der Waals surface area (Å²) in [6.45, 7) is 13.4. The summed E-state index contributed by atoms with van der Waals surface area (Å²) in [5.74, 6) is 0.667. The van der Waals surface area contributed by atoms with E-state index in [0.717, 1.165) is 19.5 Å². The highest BCUT2D eigenvalue weighted by Crippen LogP contribution is 2.21. The molecule has 0 bridgehead atoms. The van der Waals surface area contributed by atoms with Crippen molar-refractivity contribution in [3.63, 3.8) is 0 Å². The molecule has 0 aromatic carbocycles. The van der Waals surface area contributed by atoms with Gasteiger partial charge in [0.25, 0.3) is 0 Å². The summed E-state index contributed by atoms with van der Waals surface area (Å²) in [6, 6.07) is 5.00. The van der Waals surface area contributed by atoms with E-state index in [9.17, 15) is 0 Å². The van der Waals surface area contributed by atoms with E-state index < -0.39 is 0 Å². The quantitative estimate of drug-likeness (QED) is 0.914. The van der Waals surface area contributed by atoms with Crippen LogP contribution in [-0.2, 0) is 6.42 Å². The minimum absolute atomic E-state index is 0.194. The molecule has 1 aromatic heterocycles. The molecular weight excluding hydrogens is 246 g/mol. The molecule has 1 aromatic rings. The van der Waals surface area contributed by atoms with E-state index in [1.165, 1.54) is 17.8 Å². The molecule has 1 aliphatic rings. The zero-order chi connectivity index (χ0) is 14.8. The van der Waals surface area contributed by atoms with E-state index in [1.807, 2.05) is 6.20 Å². The van der Waals surface area contributed by atoms with E-state index in [0.29, 0.717) is 12.0 Å². The van der Waals surface area contributed by atoms with Crippen LogP contribution >= 0.6 is 0 Å². The van der Waals surface area contributed by atoms with Gasteiger partial charge in [0.15, 0.2) is 0 Å². The van der Waals surface area contributed by atoms with E-state index in [2.05, 4.69) is 62.0 Å². The molecule has 1 atom stereocenters. The molecule has 0 saturated carbocycles. The normalized spacial score (nSPS) is 19.9. The zero-order valence-corrected chi connectivity index (χ0v) is 13.6. The molecule has 1 aliphatic heterocycles. The van der Waals surface area contributed by atoms with Crippen LogP contribution in [0.3, 0.4) is 0 Å². The lowest BCUT2D eigenvalue weighted by molar-refractivity contribution is 0.373. The van der Waals surface area contributed by atoms with Crippen molar-refractivity contribution in [2.45, 2.75) is 59.0 Å². The second-order valence-corrected chi connectivity index (χ2v) is 7.43. The number of anilines is 1. The SMILES string of the molecule is CC(C)Cc1ccc(N2CC[C@@H](NC(C)(C)C)C2)cn1. The summed E-state index contributed by atoms with van der Waals surface area (Å²) in [4.78, 5) is 7.04. The summed E-state index contributed by atoms with van der Waals surface area (Å²) < 4.78 is 0. The number of hydrogen-bond acceptors (Lipinski definition) is 3. The molecule has 0 amide bonds. The molecule has 0 spiro atoms. The number of rotatable bonds is 4. The lowest BCUT2D eigenvalue weighted by Gasteiger charge is -2.26. The lowest BCUT2D eigenvalue weighted by Crippen LogP contribution is -2.44. The van der Waals surface area contributed by atoms with Gasteiger partial charge in [0.05, 0.1) is 11.9 Å². The van der Waals surface area contributed by atoms with Crippen LogP contribution < -0.4 is 10.2 Å². The molecule has 2 heterocycles. The predicted molar refractivity (Wildman–Crippen MR) is 86.3 cm³/mol. The van der Waals surface area contributed by atoms with Gasteiger partial charge in [-0.1, -0.05) is 13.8 Å². The highest BCUT2D eigenvalue weighted by molar-refractivity contribution is 5.46. The van der Waals surface area contributed by atoms with Crippen molar-refractivity contribution >= 4 is 5.69 Å². The van der Waals surface area contributed by atoms with Gasteiger partial charge in [-0.05, 0) is 51.7 Å². The zero-order valence-electron chi connectivity index (χ0n) is 13.6. The molecule has 1 fully saturated rings. The number of nitrogens with zero attached hydrogens (tertiary/aromatic N) is 2. The van der Waals surface area contributed by atoms with E-state index in [4.69, 9.17) is 0 Å². The Morgan fingerprint density at radius 1 is 1.35 bits per heavy atom. The Morgan fingerprint density at radius 2 is 2.10 bits per heavy atom. The minimum Gasteiger partial charge on any atom is -0.369 e. The first-order chi connectivity index (χ1) is 9.33. The number of pyridine rings is 1. The van der Waals surface area contributed by atoms with Crippen LogP contribution in [0.1, 0.15) is 46.7 Å². The molecule has 0 radical (unpaired) electrons. The summed E-state index contributed by atoms with van der Waals surface area (Å²) in [6.07, 6.45) is 4.32. The Morgan fingerprint density at radius 3 is 2.65 bits per heavy atom. The largest absolute Gasteiger partial charge is 0.369 e. The van der Waals surface area contributed by atoms with Gasteiger partial charge in [-0.2, -0.15) is 0 Å². The highest BCUT2D eigenvalue weighted by Gasteiger charge is 2.25. The maximum absolute atomic E-state index is 4.60. The van der Waals surface area contributed by atoms with Gasteiger partial charge in [0.1, 0.15) is 0 Å². The first-order valence-electron chi connectivity index (χ1n) is 7.81.